The number of carbonyl (C=O) groups excluding carboxylic acids is 1. The van der Waals surface area contributed by atoms with Gasteiger partial charge < -0.3 is 10.6 Å². The van der Waals surface area contributed by atoms with Gasteiger partial charge in [0.2, 0.25) is 5.91 Å². The Labute approximate surface area is 192 Å². The maximum absolute atomic E-state index is 11.3. The van der Waals surface area contributed by atoms with Crippen LogP contribution in [0.1, 0.15) is 34.0 Å². The van der Waals surface area contributed by atoms with Crippen molar-refractivity contribution in [2.24, 2.45) is 5.73 Å². The van der Waals surface area contributed by atoms with Crippen LogP contribution in [0.2, 0.25) is 5.02 Å². The minimum Gasteiger partial charge on any atom is -0.366 e. The van der Waals surface area contributed by atoms with Crippen molar-refractivity contribution >= 4 is 28.4 Å². The minimum atomic E-state index is -0.444. The van der Waals surface area contributed by atoms with Crippen molar-refractivity contribution in [1.82, 2.24) is 20.1 Å². The molecule has 2 aromatic heterocycles. The quantitative estimate of drug-likeness (QED) is 0.472. The lowest BCUT2D eigenvalue weighted by atomic mass is 9.99. The first-order chi connectivity index (χ1) is 15.4. The topological polar surface area (TPSA) is 87.9 Å². The Morgan fingerprint density at radius 3 is 2.69 bits per heavy atom. The van der Waals surface area contributed by atoms with Gasteiger partial charge in [0.05, 0.1) is 5.52 Å². The van der Waals surface area contributed by atoms with Crippen molar-refractivity contribution < 1.29 is 4.79 Å². The van der Waals surface area contributed by atoms with E-state index in [0.717, 1.165) is 39.4 Å². The van der Waals surface area contributed by atoms with E-state index < -0.39 is 5.91 Å². The maximum Gasteiger partial charge on any atom is 0.248 e. The van der Waals surface area contributed by atoms with E-state index in [2.05, 4.69) is 39.3 Å². The summed E-state index contributed by atoms with van der Waals surface area (Å²) in [6.45, 7) is 4.26. The summed E-state index contributed by atoms with van der Waals surface area (Å²) in [6, 6.07) is 17.3. The van der Waals surface area contributed by atoms with Crippen LogP contribution in [0.25, 0.3) is 22.2 Å². The number of nitrogens with one attached hydrogen (secondary N) is 1. The number of nitrogens with two attached hydrogens (primary N) is 1. The molecule has 1 fully saturated rings. The number of hydrogen-bond acceptors (Lipinski definition) is 4. The van der Waals surface area contributed by atoms with Crippen LogP contribution in [-0.4, -0.2) is 46.1 Å². The number of likely N-dealkylation sites (tertiary alicyclic amines) is 1. The predicted molar refractivity (Wildman–Crippen MR) is 129 cm³/mol. The maximum atomic E-state index is 11.3. The molecule has 5 rings (SSSR count). The van der Waals surface area contributed by atoms with Gasteiger partial charge in [0.25, 0.3) is 0 Å². The number of carbonyl (C=O) groups is 1. The lowest BCUT2D eigenvalue weighted by Crippen LogP contribution is -2.13. The number of halogens is 1. The van der Waals surface area contributed by atoms with E-state index >= 15 is 0 Å². The Kier molecular flexibility index (Phi) is 6.53. The highest BCUT2D eigenvalue weighted by molar-refractivity contribution is 6.31. The molecule has 0 radical (unpaired) electrons. The van der Waals surface area contributed by atoms with Gasteiger partial charge in [-0.2, -0.15) is 5.10 Å². The molecule has 1 saturated heterocycles. The van der Waals surface area contributed by atoms with E-state index in [0.29, 0.717) is 11.5 Å². The summed E-state index contributed by atoms with van der Waals surface area (Å²) in [6.07, 6.45) is 2.98. The molecule has 3 N–H and O–H groups in total. The SMILES string of the molecule is CN1CCC(c2ccccc2Cl)C1.Cc1cc(-c2n[nH]c3ccc(C(N)=O)cc23)ccn1. The van der Waals surface area contributed by atoms with Gasteiger partial charge in [0.1, 0.15) is 5.69 Å². The number of aromatic amines is 1. The zero-order chi connectivity index (χ0) is 22.7. The van der Waals surface area contributed by atoms with Gasteiger partial charge in [-0.3, -0.25) is 14.9 Å². The van der Waals surface area contributed by atoms with E-state index in [1.54, 1.807) is 24.4 Å². The number of aryl methyl sites for hydroxylation is 1. The number of nitrogens with zero attached hydrogens (tertiary/aromatic N) is 3. The second-order valence-corrected chi connectivity index (χ2v) is 8.56. The van der Waals surface area contributed by atoms with Gasteiger partial charge in [-0.05, 0) is 74.8 Å². The molecule has 1 aliphatic heterocycles. The standard InChI is InChI=1S/C14H12N4O.C11H14ClN/c1-8-6-9(4-5-16-8)13-11-7-10(14(15)19)2-3-12(11)17-18-13;1-13-7-6-9(8-13)10-4-2-3-5-11(10)12/h2-7H,1H3,(H2,15,19)(H,17,18);2-5,9H,6-8H2,1H3. The molecule has 1 atom stereocenters. The van der Waals surface area contributed by atoms with Crippen molar-refractivity contribution in [3.8, 4) is 11.3 Å². The van der Waals surface area contributed by atoms with Crippen LogP contribution in [0.4, 0.5) is 0 Å². The molecule has 1 aliphatic rings. The van der Waals surface area contributed by atoms with Crippen molar-refractivity contribution in [2.45, 2.75) is 19.3 Å². The lowest BCUT2D eigenvalue weighted by Gasteiger charge is -2.11. The van der Waals surface area contributed by atoms with Crippen LogP contribution in [0, 0.1) is 6.92 Å². The molecule has 0 bridgehead atoms. The number of rotatable bonds is 3. The third kappa shape index (κ3) is 4.82. The average molecular weight is 448 g/mol. The first kappa shape index (κ1) is 22.0. The molecule has 0 aliphatic carbocycles. The summed E-state index contributed by atoms with van der Waals surface area (Å²) < 4.78 is 0. The second-order valence-electron chi connectivity index (χ2n) is 8.15. The van der Waals surface area contributed by atoms with Crippen LogP contribution < -0.4 is 5.73 Å². The smallest absolute Gasteiger partial charge is 0.248 e. The number of benzene rings is 2. The number of likely N-dealkylation sites (N-methyl/N-ethyl adjacent to an activating group) is 1. The Balaban J connectivity index is 0.000000165. The van der Waals surface area contributed by atoms with Gasteiger partial charge in [0, 0.05) is 40.0 Å². The van der Waals surface area contributed by atoms with E-state index in [1.165, 1.54) is 18.5 Å². The fourth-order valence-electron chi connectivity index (χ4n) is 4.08. The highest BCUT2D eigenvalue weighted by Gasteiger charge is 2.22. The summed E-state index contributed by atoms with van der Waals surface area (Å²) >= 11 is 6.13. The van der Waals surface area contributed by atoms with Crippen LogP contribution in [-0.2, 0) is 0 Å². The number of fused-ring (bicyclic) bond motifs is 1. The number of pyridine rings is 1. The molecule has 7 heteroatoms. The number of H-pyrrole nitrogens is 1. The molecular formula is C25H26ClN5O. The molecule has 1 unspecified atom stereocenters. The van der Waals surface area contributed by atoms with Crippen LogP contribution in [0.5, 0.6) is 0 Å². The predicted octanol–water partition coefficient (Wildman–Crippen LogP) is 4.79. The molecule has 1 amide bonds. The van der Waals surface area contributed by atoms with Crippen molar-refractivity contribution in [1.29, 1.82) is 0 Å². The Hall–Kier alpha value is -3.22. The molecule has 6 nitrogen and oxygen atoms in total. The number of hydrogen-bond donors (Lipinski definition) is 2. The van der Waals surface area contributed by atoms with Gasteiger partial charge in [-0.1, -0.05) is 29.8 Å². The number of primary amides is 1. The van der Waals surface area contributed by atoms with Crippen molar-refractivity contribution in [3.05, 3.63) is 82.6 Å². The molecule has 0 spiro atoms. The van der Waals surface area contributed by atoms with Gasteiger partial charge >= 0.3 is 0 Å². The van der Waals surface area contributed by atoms with E-state index in [9.17, 15) is 4.79 Å². The number of aromatic nitrogens is 3. The first-order valence-electron chi connectivity index (χ1n) is 10.6. The van der Waals surface area contributed by atoms with Gasteiger partial charge in [-0.15, -0.1) is 0 Å². The molecule has 3 heterocycles. The Bertz CT molecular complexity index is 1250. The van der Waals surface area contributed by atoms with E-state index in [-0.39, 0.29) is 0 Å². The summed E-state index contributed by atoms with van der Waals surface area (Å²) in [4.78, 5) is 17.8. The molecule has 2 aromatic carbocycles. The summed E-state index contributed by atoms with van der Waals surface area (Å²) in [5.74, 6) is 0.193. The molecule has 164 valence electrons. The van der Waals surface area contributed by atoms with Crippen LogP contribution in [0.15, 0.2) is 60.8 Å². The van der Waals surface area contributed by atoms with Crippen LogP contribution in [0.3, 0.4) is 0 Å². The fourth-order valence-corrected chi connectivity index (χ4v) is 4.37. The Morgan fingerprint density at radius 1 is 1.19 bits per heavy atom. The van der Waals surface area contributed by atoms with E-state index in [4.69, 9.17) is 17.3 Å². The third-order valence-corrected chi connectivity index (χ3v) is 6.10. The van der Waals surface area contributed by atoms with Crippen LogP contribution >= 0.6 is 11.6 Å². The van der Waals surface area contributed by atoms with E-state index in [1.807, 2.05) is 31.2 Å². The monoisotopic (exact) mass is 447 g/mol. The van der Waals surface area contributed by atoms with Crippen molar-refractivity contribution in [2.75, 3.05) is 20.1 Å². The van der Waals surface area contributed by atoms with Gasteiger partial charge in [0.15, 0.2) is 0 Å². The average Bonchev–Trinajstić information content (AvgIpc) is 3.40. The molecule has 4 aromatic rings. The normalized spacial score (nSPS) is 16.0. The zero-order valence-corrected chi connectivity index (χ0v) is 18.9. The van der Waals surface area contributed by atoms with Gasteiger partial charge in [-0.25, -0.2) is 0 Å². The molecule has 32 heavy (non-hydrogen) atoms. The largest absolute Gasteiger partial charge is 0.366 e. The first-order valence-corrected chi connectivity index (χ1v) is 10.9. The second kappa shape index (κ2) is 9.51. The third-order valence-electron chi connectivity index (χ3n) is 5.75. The minimum absolute atomic E-state index is 0.444. The highest BCUT2D eigenvalue weighted by atomic mass is 35.5. The lowest BCUT2D eigenvalue weighted by molar-refractivity contribution is 0.100. The summed E-state index contributed by atoms with van der Waals surface area (Å²) in [7, 11) is 2.16. The Morgan fingerprint density at radius 2 is 2.00 bits per heavy atom. The molecule has 0 saturated carbocycles. The highest BCUT2D eigenvalue weighted by Crippen LogP contribution is 2.31. The zero-order valence-electron chi connectivity index (χ0n) is 18.2. The summed E-state index contributed by atoms with van der Waals surface area (Å²) in [5, 5.41) is 9.05. The fraction of sp³-hybridized carbons (Fsp3) is 0.240. The van der Waals surface area contributed by atoms with Crippen molar-refractivity contribution in [3.63, 3.8) is 0 Å². The molecular weight excluding hydrogens is 422 g/mol. The number of amides is 1. The summed E-state index contributed by atoms with van der Waals surface area (Å²) in [5.41, 5.74) is 10.6.